The predicted molar refractivity (Wildman–Crippen MR) is 72.6 cm³/mol. The second-order valence-electron chi connectivity index (χ2n) is 4.95. The lowest BCUT2D eigenvalue weighted by atomic mass is 9.96. The van der Waals surface area contributed by atoms with Gasteiger partial charge in [-0.3, -0.25) is 4.79 Å². The van der Waals surface area contributed by atoms with Crippen molar-refractivity contribution in [3.05, 3.63) is 23.0 Å². The van der Waals surface area contributed by atoms with Gasteiger partial charge >= 0.3 is 0 Å². The predicted octanol–water partition coefficient (Wildman–Crippen LogP) is 2.72. The van der Waals surface area contributed by atoms with Gasteiger partial charge < -0.3 is 10.6 Å². The number of nitrogen functional groups attached to an aromatic ring is 1. The molecule has 18 heavy (non-hydrogen) atoms. The van der Waals surface area contributed by atoms with Crippen molar-refractivity contribution in [1.82, 2.24) is 9.88 Å². The molecule has 4 nitrogen and oxygen atoms in total. The van der Waals surface area contributed by atoms with E-state index >= 15 is 0 Å². The van der Waals surface area contributed by atoms with E-state index in [2.05, 4.69) is 18.8 Å². The number of aromatic nitrogens is 1. The molecule has 0 saturated carbocycles. The summed E-state index contributed by atoms with van der Waals surface area (Å²) < 4.78 is 0. The first kappa shape index (κ1) is 13.1. The highest BCUT2D eigenvalue weighted by molar-refractivity contribution is 6.32. The van der Waals surface area contributed by atoms with Crippen molar-refractivity contribution < 1.29 is 4.79 Å². The standard InChI is InChI=1S/C13H18ClN3O/c1-8-4-3-5-9(2)17(8)13(18)11-6-10(15)7-16-12(11)14/h6-9H,3-5,15H2,1-2H3/t8-,9+. The van der Waals surface area contributed by atoms with Gasteiger partial charge in [-0.25, -0.2) is 4.98 Å². The van der Waals surface area contributed by atoms with Crippen LogP contribution in [0.2, 0.25) is 5.15 Å². The van der Waals surface area contributed by atoms with Crippen molar-refractivity contribution in [2.45, 2.75) is 45.2 Å². The fraction of sp³-hybridized carbons (Fsp3) is 0.538. The zero-order chi connectivity index (χ0) is 13.3. The Morgan fingerprint density at radius 2 is 2.06 bits per heavy atom. The van der Waals surface area contributed by atoms with Gasteiger partial charge in [-0.2, -0.15) is 0 Å². The van der Waals surface area contributed by atoms with Gasteiger partial charge in [0, 0.05) is 12.1 Å². The Bertz CT molecular complexity index is 454. The minimum Gasteiger partial charge on any atom is -0.397 e. The summed E-state index contributed by atoms with van der Waals surface area (Å²) in [7, 11) is 0. The molecule has 2 N–H and O–H groups in total. The van der Waals surface area contributed by atoms with Gasteiger partial charge in [0.15, 0.2) is 0 Å². The Morgan fingerprint density at radius 3 is 2.67 bits per heavy atom. The van der Waals surface area contributed by atoms with Gasteiger partial charge in [-0.15, -0.1) is 0 Å². The van der Waals surface area contributed by atoms with Crippen LogP contribution >= 0.6 is 11.6 Å². The number of hydrogen-bond donors (Lipinski definition) is 1. The molecule has 1 aromatic rings. The summed E-state index contributed by atoms with van der Waals surface area (Å²) in [4.78, 5) is 18.4. The molecule has 1 aromatic heterocycles. The zero-order valence-corrected chi connectivity index (χ0v) is 11.4. The maximum Gasteiger partial charge on any atom is 0.257 e. The highest BCUT2D eigenvalue weighted by Crippen LogP contribution is 2.26. The summed E-state index contributed by atoms with van der Waals surface area (Å²) in [6, 6.07) is 2.07. The summed E-state index contributed by atoms with van der Waals surface area (Å²) >= 11 is 5.99. The number of carbonyl (C=O) groups excluding carboxylic acids is 1. The Hall–Kier alpha value is -1.29. The van der Waals surface area contributed by atoms with Crippen LogP contribution in [0.1, 0.15) is 43.5 Å². The molecule has 0 unspecified atom stereocenters. The van der Waals surface area contributed by atoms with Crippen LogP contribution in [0.4, 0.5) is 5.69 Å². The molecule has 0 bridgehead atoms. The van der Waals surface area contributed by atoms with Gasteiger partial charge in [-0.05, 0) is 39.2 Å². The summed E-state index contributed by atoms with van der Waals surface area (Å²) in [6.45, 7) is 4.14. The van der Waals surface area contributed by atoms with Crippen LogP contribution in [0.25, 0.3) is 0 Å². The molecule has 1 aliphatic heterocycles. The van der Waals surface area contributed by atoms with Crippen LogP contribution in [0.3, 0.4) is 0 Å². The monoisotopic (exact) mass is 267 g/mol. The maximum absolute atomic E-state index is 12.5. The van der Waals surface area contributed by atoms with Crippen molar-refractivity contribution >= 4 is 23.2 Å². The number of likely N-dealkylation sites (tertiary alicyclic amines) is 1. The zero-order valence-electron chi connectivity index (χ0n) is 10.7. The van der Waals surface area contributed by atoms with Crippen molar-refractivity contribution in [2.24, 2.45) is 0 Å². The lowest BCUT2D eigenvalue weighted by Gasteiger charge is -2.39. The lowest BCUT2D eigenvalue weighted by Crippen LogP contribution is -2.47. The molecule has 0 radical (unpaired) electrons. The maximum atomic E-state index is 12.5. The molecular weight excluding hydrogens is 250 g/mol. The molecule has 0 aromatic carbocycles. The number of hydrogen-bond acceptors (Lipinski definition) is 3. The van der Waals surface area contributed by atoms with Crippen molar-refractivity contribution in [2.75, 3.05) is 5.73 Å². The smallest absolute Gasteiger partial charge is 0.257 e. The third-order valence-electron chi connectivity index (χ3n) is 3.52. The van der Waals surface area contributed by atoms with Crippen LogP contribution in [-0.4, -0.2) is 27.9 Å². The number of piperidine rings is 1. The second kappa shape index (κ2) is 5.14. The number of amides is 1. The van der Waals surface area contributed by atoms with E-state index in [1.54, 1.807) is 6.07 Å². The Morgan fingerprint density at radius 1 is 1.44 bits per heavy atom. The molecule has 1 saturated heterocycles. The van der Waals surface area contributed by atoms with E-state index in [4.69, 9.17) is 17.3 Å². The molecule has 1 aliphatic rings. The number of nitrogens with two attached hydrogens (primary N) is 1. The molecule has 0 spiro atoms. The van der Waals surface area contributed by atoms with Crippen LogP contribution in [0, 0.1) is 0 Å². The molecule has 2 heterocycles. The third kappa shape index (κ3) is 2.43. The number of anilines is 1. The van der Waals surface area contributed by atoms with Crippen LogP contribution in [0.15, 0.2) is 12.3 Å². The Kier molecular flexibility index (Phi) is 3.76. The topological polar surface area (TPSA) is 59.2 Å². The van der Waals surface area contributed by atoms with Crippen LogP contribution in [-0.2, 0) is 0 Å². The van der Waals surface area contributed by atoms with E-state index < -0.39 is 0 Å². The molecule has 2 atom stereocenters. The number of pyridine rings is 1. The van der Waals surface area contributed by atoms with E-state index in [9.17, 15) is 4.79 Å². The summed E-state index contributed by atoms with van der Waals surface area (Å²) in [5.41, 5.74) is 6.53. The quantitative estimate of drug-likeness (QED) is 0.796. The van der Waals surface area contributed by atoms with E-state index in [1.807, 2.05) is 4.90 Å². The van der Waals surface area contributed by atoms with E-state index in [1.165, 1.54) is 6.20 Å². The summed E-state index contributed by atoms with van der Waals surface area (Å²) in [6.07, 6.45) is 4.68. The highest BCUT2D eigenvalue weighted by atomic mass is 35.5. The summed E-state index contributed by atoms with van der Waals surface area (Å²) in [5, 5.41) is 0.221. The molecule has 0 aliphatic carbocycles. The highest BCUT2D eigenvalue weighted by Gasteiger charge is 2.30. The fourth-order valence-corrected chi connectivity index (χ4v) is 2.76. The van der Waals surface area contributed by atoms with Gasteiger partial charge in [0.1, 0.15) is 5.15 Å². The van der Waals surface area contributed by atoms with E-state index in [0.717, 1.165) is 19.3 Å². The fourth-order valence-electron chi connectivity index (χ4n) is 2.57. The third-order valence-corrected chi connectivity index (χ3v) is 3.82. The Labute approximate surface area is 112 Å². The second-order valence-corrected chi connectivity index (χ2v) is 5.31. The lowest BCUT2D eigenvalue weighted by molar-refractivity contribution is 0.0510. The first-order valence-electron chi connectivity index (χ1n) is 6.24. The van der Waals surface area contributed by atoms with Gasteiger partial charge in [-0.1, -0.05) is 11.6 Å². The van der Waals surface area contributed by atoms with Crippen molar-refractivity contribution in [1.29, 1.82) is 0 Å². The minimum atomic E-state index is -0.0699. The van der Waals surface area contributed by atoms with Crippen molar-refractivity contribution in [3.63, 3.8) is 0 Å². The number of nitrogens with zero attached hydrogens (tertiary/aromatic N) is 2. The number of rotatable bonds is 1. The molecular formula is C13H18ClN3O. The average molecular weight is 268 g/mol. The minimum absolute atomic E-state index is 0.0699. The molecule has 98 valence electrons. The Balaban J connectivity index is 2.32. The van der Waals surface area contributed by atoms with Crippen molar-refractivity contribution in [3.8, 4) is 0 Å². The largest absolute Gasteiger partial charge is 0.397 e. The normalized spacial score (nSPS) is 24.1. The molecule has 5 heteroatoms. The van der Waals surface area contributed by atoms with Gasteiger partial charge in [0.05, 0.1) is 17.4 Å². The molecule has 2 rings (SSSR count). The van der Waals surface area contributed by atoms with Gasteiger partial charge in [0.25, 0.3) is 5.91 Å². The number of carbonyl (C=O) groups is 1. The van der Waals surface area contributed by atoms with E-state index in [-0.39, 0.29) is 23.1 Å². The van der Waals surface area contributed by atoms with Crippen LogP contribution < -0.4 is 5.73 Å². The van der Waals surface area contributed by atoms with Crippen LogP contribution in [0.5, 0.6) is 0 Å². The average Bonchev–Trinajstić information content (AvgIpc) is 2.32. The SMILES string of the molecule is C[C@@H]1CCC[C@H](C)N1C(=O)c1cc(N)cnc1Cl. The first-order valence-corrected chi connectivity index (χ1v) is 6.62. The summed E-state index contributed by atoms with van der Waals surface area (Å²) in [5.74, 6) is -0.0699. The first-order chi connectivity index (χ1) is 8.50. The molecule has 1 amide bonds. The number of halogens is 1. The van der Waals surface area contributed by atoms with E-state index in [0.29, 0.717) is 11.3 Å². The molecule has 1 fully saturated rings. The van der Waals surface area contributed by atoms with Gasteiger partial charge in [0.2, 0.25) is 0 Å².